The van der Waals surface area contributed by atoms with E-state index in [1.54, 1.807) is 6.92 Å². The van der Waals surface area contributed by atoms with Crippen molar-refractivity contribution >= 4 is 33.2 Å². The third-order valence-corrected chi connectivity index (χ3v) is 2.66. The minimum Gasteiger partial charge on any atom is -0.477 e. The number of halogens is 1. The summed E-state index contributed by atoms with van der Waals surface area (Å²) in [6.45, 7) is 1.79. The number of carboxylic acid groups (broad SMARTS) is 1. The predicted octanol–water partition coefficient (Wildman–Crippen LogP) is 2.04. The van der Waals surface area contributed by atoms with Gasteiger partial charge in [-0.1, -0.05) is 15.9 Å². The molecule has 0 saturated carbocycles. The average molecular weight is 236 g/mol. The van der Waals surface area contributed by atoms with E-state index in [2.05, 4.69) is 20.9 Å². The highest BCUT2D eigenvalue weighted by molar-refractivity contribution is 9.08. The number of nitrogens with zero attached hydrogens (tertiary/aromatic N) is 1. The van der Waals surface area contributed by atoms with E-state index < -0.39 is 5.97 Å². The van der Waals surface area contributed by atoms with Crippen LogP contribution >= 0.6 is 27.3 Å². The molecule has 60 valence electrons. The lowest BCUT2D eigenvalue weighted by Gasteiger charge is -1.88. The monoisotopic (exact) mass is 235 g/mol. The molecule has 1 rings (SSSR count). The van der Waals surface area contributed by atoms with Gasteiger partial charge in [0.25, 0.3) is 0 Å². The van der Waals surface area contributed by atoms with Crippen molar-refractivity contribution in [2.45, 2.75) is 12.3 Å². The summed E-state index contributed by atoms with van der Waals surface area (Å²) in [5.41, 5.74) is 0.611. The van der Waals surface area contributed by atoms with Crippen LogP contribution in [0.5, 0.6) is 0 Å². The Labute approximate surface area is 76.2 Å². The van der Waals surface area contributed by atoms with Crippen LogP contribution in [0, 0.1) is 6.92 Å². The molecule has 0 spiro atoms. The number of hydrogen-bond acceptors (Lipinski definition) is 3. The van der Waals surface area contributed by atoms with Crippen LogP contribution in [0.25, 0.3) is 0 Å². The molecule has 0 atom stereocenters. The maximum Gasteiger partial charge on any atom is 0.347 e. The van der Waals surface area contributed by atoms with Crippen LogP contribution in [0.4, 0.5) is 0 Å². The largest absolute Gasteiger partial charge is 0.477 e. The van der Waals surface area contributed by atoms with E-state index in [0.29, 0.717) is 15.9 Å². The van der Waals surface area contributed by atoms with Crippen LogP contribution in [0.3, 0.4) is 0 Å². The maximum atomic E-state index is 10.5. The Morgan fingerprint density at radius 2 is 2.45 bits per heavy atom. The number of aromatic carboxylic acids is 1. The summed E-state index contributed by atoms with van der Waals surface area (Å²) in [5, 5.41) is 9.95. The van der Waals surface area contributed by atoms with E-state index in [-0.39, 0.29) is 0 Å². The van der Waals surface area contributed by atoms with Crippen molar-refractivity contribution in [2.75, 3.05) is 0 Å². The molecular weight excluding hydrogens is 230 g/mol. The van der Waals surface area contributed by atoms with E-state index in [0.717, 1.165) is 5.01 Å². The first-order valence-electron chi connectivity index (χ1n) is 2.90. The Balaban J connectivity index is 3.12. The second-order valence-electron chi connectivity index (χ2n) is 1.95. The fourth-order valence-electron chi connectivity index (χ4n) is 0.728. The molecular formula is C6H6BrNO2S. The summed E-state index contributed by atoms with van der Waals surface area (Å²) in [6, 6.07) is 0. The zero-order valence-corrected chi connectivity index (χ0v) is 8.20. The smallest absolute Gasteiger partial charge is 0.347 e. The molecule has 5 heteroatoms. The standard InChI is InChI=1S/C6H6BrNO2S/c1-3-8-4(2-7)5(11-3)6(9)10/h2H2,1H3,(H,9,10). The number of aromatic nitrogens is 1. The summed E-state index contributed by atoms with van der Waals surface area (Å²) in [5.74, 6) is -0.898. The van der Waals surface area contributed by atoms with Crippen LogP contribution in [-0.4, -0.2) is 16.1 Å². The summed E-state index contributed by atoms with van der Waals surface area (Å²) in [6.07, 6.45) is 0. The van der Waals surface area contributed by atoms with Gasteiger partial charge in [0, 0.05) is 5.33 Å². The first-order chi connectivity index (χ1) is 5.15. The third kappa shape index (κ3) is 1.78. The number of rotatable bonds is 2. The van der Waals surface area contributed by atoms with Crippen molar-refractivity contribution in [1.29, 1.82) is 0 Å². The molecule has 1 aromatic rings. The lowest BCUT2D eigenvalue weighted by molar-refractivity contribution is 0.0701. The number of carboxylic acids is 1. The van der Waals surface area contributed by atoms with E-state index in [1.165, 1.54) is 11.3 Å². The highest BCUT2D eigenvalue weighted by Crippen LogP contribution is 2.19. The molecule has 0 radical (unpaired) electrons. The van der Waals surface area contributed by atoms with E-state index in [9.17, 15) is 4.79 Å². The molecule has 3 nitrogen and oxygen atoms in total. The zero-order chi connectivity index (χ0) is 8.43. The van der Waals surface area contributed by atoms with Crippen LogP contribution in [0.1, 0.15) is 20.4 Å². The van der Waals surface area contributed by atoms with Gasteiger partial charge >= 0.3 is 5.97 Å². The molecule has 0 bridgehead atoms. The fourth-order valence-corrected chi connectivity index (χ4v) is 2.09. The number of hydrogen-bond donors (Lipinski definition) is 1. The van der Waals surface area contributed by atoms with Gasteiger partial charge in [0.2, 0.25) is 0 Å². The van der Waals surface area contributed by atoms with Crippen molar-refractivity contribution < 1.29 is 9.90 Å². The van der Waals surface area contributed by atoms with Crippen molar-refractivity contribution in [3.05, 3.63) is 15.6 Å². The lowest BCUT2D eigenvalue weighted by Crippen LogP contribution is -1.96. The molecule has 1 N–H and O–H groups in total. The quantitative estimate of drug-likeness (QED) is 0.799. The van der Waals surface area contributed by atoms with Crippen LogP contribution in [-0.2, 0) is 5.33 Å². The van der Waals surface area contributed by atoms with Crippen LogP contribution < -0.4 is 0 Å². The van der Waals surface area contributed by atoms with Gasteiger partial charge in [0.15, 0.2) is 0 Å². The van der Waals surface area contributed by atoms with Gasteiger partial charge in [-0.15, -0.1) is 11.3 Å². The van der Waals surface area contributed by atoms with Gasteiger partial charge in [-0.3, -0.25) is 0 Å². The van der Waals surface area contributed by atoms with Crippen molar-refractivity contribution in [1.82, 2.24) is 4.98 Å². The second-order valence-corrected chi connectivity index (χ2v) is 3.71. The Kier molecular flexibility index (Phi) is 2.62. The Bertz CT molecular complexity index is 284. The van der Waals surface area contributed by atoms with E-state index in [4.69, 9.17) is 5.11 Å². The Hall–Kier alpha value is -0.420. The molecule has 0 saturated heterocycles. The molecule has 0 aromatic carbocycles. The molecule has 0 aliphatic heterocycles. The molecule has 0 fully saturated rings. The lowest BCUT2D eigenvalue weighted by atomic mass is 10.4. The van der Waals surface area contributed by atoms with Gasteiger partial charge in [-0.05, 0) is 6.92 Å². The number of aryl methyl sites for hydroxylation is 1. The van der Waals surface area contributed by atoms with Crippen LogP contribution in [0.15, 0.2) is 0 Å². The predicted molar refractivity (Wildman–Crippen MR) is 46.4 cm³/mol. The summed E-state index contributed by atoms with van der Waals surface area (Å²) < 4.78 is 0. The summed E-state index contributed by atoms with van der Waals surface area (Å²) in [7, 11) is 0. The minimum atomic E-state index is -0.898. The molecule has 0 unspecified atom stereocenters. The highest BCUT2D eigenvalue weighted by Gasteiger charge is 2.13. The summed E-state index contributed by atoms with van der Waals surface area (Å²) in [4.78, 5) is 14.9. The molecule has 1 aromatic heterocycles. The maximum absolute atomic E-state index is 10.5. The first-order valence-corrected chi connectivity index (χ1v) is 4.84. The van der Waals surface area contributed by atoms with Crippen molar-refractivity contribution in [3.8, 4) is 0 Å². The molecule has 1 heterocycles. The molecule has 0 amide bonds. The third-order valence-electron chi connectivity index (χ3n) is 1.13. The van der Waals surface area contributed by atoms with Gasteiger partial charge in [0.05, 0.1) is 10.7 Å². The number of alkyl halides is 1. The van der Waals surface area contributed by atoms with Gasteiger partial charge < -0.3 is 5.11 Å². The van der Waals surface area contributed by atoms with Gasteiger partial charge in [-0.25, -0.2) is 9.78 Å². The normalized spacial score (nSPS) is 10.0. The number of carbonyl (C=O) groups is 1. The topological polar surface area (TPSA) is 50.2 Å². The van der Waals surface area contributed by atoms with Gasteiger partial charge in [-0.2, -0.15) is 0 Å². The molecule has 0 aliphatic rings. The molecule has 0 aliphatic carbocycles. The minimum absolute atomic E-state index is 0.333. The zero-order valence-electron chi connectivity index (χ0n) is 5.80. The van der Waals surface area contributed by atoms with Crippen LogP contribution in [0.2, 0.25) is 0 Å². The Morgan fingerprint density at radius 1 is 1.82 bits per heavy atom. The SMILES string of the molecule is Cc1nc(CBr)c(C(=O)O)s1. The number of thiazole rings is 1. The van der Waals surface area contributed by atoms with Crippen molar-refractivity contribution in [3.63, 3.8) is 0 Å². The Morgan fingerprint density at radius 3 is 2.82 bits per heavy atom. The molecule has 11 heavy (non-hydrogen) atoms. The first kappa shape index (κ1) is 8.67. The highest BCUT2D eigenvalue weighted by atomic mass is 79.9. The fraction of sp³-hybridized carbons (Fsp3) is 0.333. The average Bonchev–Trinajstić information content (AvgIpc) is 2.30. The van der Waals surface area contributed by atoms with Crippen molar-refractivity contribution in [2.24, 2.45) is 0 Å². The van der Waals surface area contributed by atoms with Gasteiger partial charge in [0.1, 0.15) is 4.88 Å². The van der Waals surface area contributed by atoms with E-state index in [1.807, 2.05) is 0 Å². The summed E-state index contributed by atoms with van der Waals surface area (Å²) >= 11 is 4.38. The van der Waals surface area contributed by atoms with E-state index >= 15 is 0 Å². The second kappa shape index (κ2) is 3.32.